The largest absolute Gasteiger partial charge is 0.454 e. The summed E-state index contributed by atoms with van der Waals surface area (Å²) in [6, 6.07) is 17.2. The van der Waals surface area contributed by atoms with Gasteiger partial charge < -0.3 is 15.0 Å². The molecule has 1 N–H and O–H groups in total. The van der Waals surface area contributed by atoms with Gasteiger partial charge in [-0.25, -0.2) is 4.79 Å². The van der Waals surface area contributed by atoms with Gasteiger partial charge in [0, 0.05) is 17.8 Å². The van der Waals surface area contributed by atoms with Gasteiger partial charge in [0.2, 0.25) is 0 Å². The Morgan fingerprint density at radius 1 is 1.05 bits per heavy atom. The van der Waals surface area contributed by atoms with E-state index in [0.717, 1.165) is 21.8 Å². The lowest BCUT2D eigenvalue weighted by atomic mass is 9.98. The van der Waals surface area contributed by atoms with E-state index in [9.17, 15) is 14.9 Å². The summed E-state index contributed by atoms with van der Waals surface area (Å²) in [5.74, 6) is 0.572. The Bertz CT molecular complexity index is 1520. The van der Waals surface area contributed by atoms with Crippen LogP contribution in [0.5, 0.6) is 11.5 Å². The lowest BCUT2D eigenvalue weighted by Gasteiger charge is -2.29. The number of benzene rings is 3. The highest BCUT2D eigenvalue weighted by Crippen LogP contribution is 2.41. The molecule has 0 unspecified atom stereocenters. The van der Waals surface area contributed by atoms with E-state index < -0.39 is 6.03 Å². The van der Waals surface area contributed by atoms with E-state index in [1.54, 1.807) is 23.1 Å². The van der Waals surface area contributed by atoms with Crippen molar-refractivity contribution in [3.05, 3.63) is 93.6 Å². The van der Waals surface area contributed by atoms with Crippen LogP contribution in [-0.4, -0.2) is 24.2 Å². The number of hydrogen-bond acceptors (Lipinski definition) is 5. The van der Waals surface area contributed by atoms with Crippen molar-refractivity contribution in [2.75, 3.05) is 16.5 Å². The van der Waals surface area contributed by atoms with E-state index in [1.165, 1.54) is 12.1 Å². The number of nitrogens with zero attached hydrogens (tertiary/aromatic N) is 4. The van der Waals surface area contributed by atoms with Crippen LogP contribution >= 0.6 is 23.2 Å². The van der Waals surface area contributed by atoms with Gasteiger partial charge in [-0.2, -0.15) is 15.4 Å². The molecule has 8 nitrogen and oxygen atoms in total. The molecular weight excluding hydrogens is 513 g/mol. The monoisotopic (exact) mass is 531 g/mol. The van der Waals surface area contributed by atoms with Crippen LogP contribution in [0.15, 0.2) is 72.0 Å². The quantitative estimate of drug-likeness (QED) is 0.431. The van der Waals surface area contributed by atoms with Crippen LogP contribution < -0.4 is 20.0 Å². The van der Waals surface area contributed by atoms with Gasteiger partial charge in [-0.05, 0) is 61.4 Å². The second-order valence-corrected chi connectivity index (χ2v) is 9.30. The molecule has 10 heteroatoms. The molecule has 0 saturated heterocycles. The fraction of sp³-hybridized carbons (Fsp3) is 0.111. The summed E-state index contributed by atoms with van der Waals surface area (Å²) in [6.45, 7) is 6.14. The van der Waals surface area contributed by atoms with Crippen LogP contribution in [0.3, 0.4) is 0 Å². The van der Waals surface area contributed by atoms with Crippen LogP contribution in [0.2, 0.25) is 10.0 Å². The number of carbonyl (C=O) groups is 2. The summed E-state index contributed by atoms with van der Waals surface area (Å²) in [4.78, 5) is 27.2. The van der Waals surface area contributed by atoms with Gasteiger partial charge in [-0.3, -0.25) is 4.79 Å². The molecule has 184 valence electrons. The van der Waals surface area contributed by atoms with Crippen molar-refractivity contribution in [1.82, 2.24) is 5.32 Å². The third-order valence-electron chi connectivity index (χ3n) is 5.99. The second kappa shape index (κ2) is 9.62. The van der Waals surface area contributed by atoms with Crippen molar-refractivity contribution < 1.29 is 14.3 Å². The molecule has 0 bridgehead atoms. The third-order valence-corrected chi connectivity index (χ3v) is 6.55. The zero-order valence-electron chi connectivity index (χ0n) is 19.6. The highest BCUT2D eigenvalue weighted by atomic mass is 35.5. The van der Waals surface area contributed by atoms with Gasteiger partial charge in [0.25, 0.3) is 5.91 Å². The van der Waals surface area contributed by atoms with Crippen molar-refractivity contribution in [3.63, 3.8) is 0 Å². The Labute approximate surface area is 222 Å². The number of nitriles is 1. The minimum absolute atomic E-state index is 0.0447. The number of urea groups is 1. The Kier molecular flexibility index (Phi) is 6.34. The minimum atomic E-state index is -0.608. The lowest BCUT2D eigenvalue weighted by molar-refractivity contribution is 0.0980. The van der Waals surface area contributed by atoms with Gasteiger partial charge in [0.05, 0.1) is 21.4 Å². The first kappa shape index (κ1) is 24.4. The summed E-state index contributed by atoms with van der Waals surface area (Å²) >= 11 is 12.9. The number of halogens is 2. The van der Waals surface area contributed by atoms with Crippen LogP contribution in [0, 0.1) is 18.3 Å². The summed E-state index contributed by atoms with van der Waals surface area (Å²) in [5.41, 5.74) is 3.76. The molecule has 0 aromatic heterocycles. The summed E-state index contributed by atoms with van der Waals surface area (Å²) in [6.07, 6.45) is 0.654. The predicted molar refractivity (Wildman–Crippen MR) is 143 cm³/mol. The zero-order valence-corrected chi connectivity index (χ0v) is 21.1. The van der Waals surface area contributed by atoms with Gasteiger partial charge in [-0.15, -0.1) is 0 Å². The molecule has 0 spiro atoms. The lowest BCUT2D eigenvalue weighted by Crippen LogP contribution is -2.42. The van der Waals surface area contributed by atoms with Crippen molar-refractivity contribution in [1.29, 1.82) is 5.26 Å². The first-order valence-corrected chi connectivity index (χ1v) is 12.0. The molecule has 0 aliphatic carbocycles. The molecule has 37 heavy (non-hydrogen) atoms. The average Bonchev–Trinajstić information content (AvgIpc) is 2.87. The fourth-order valence-corrected chi connectivity index (χ4v) is 4.65. The molecule has 5 rings (SSSR count). The first-order valence-electron chi connectivity index (χ1n) is 11.2. The number of hydrogen-bond donors (Lipinski definition) is 1. The number of ether oxygens (including phenoxy) is 1. The number of nitrogens with one attached hydrogen (secondary N) is 1. The van der Waals surface area contributed by atoms with Gasteiger partial charge >= 0.3 is 6.03 Å². The Balaban J connectivity index is 1.39. The summed E-state index contributed by atoms with van der Waals surface area (Å²) in [5, 5.41) is 16.9. The van der Waals surface area contributed by atoms with E-state index in [4.69, 9.17) is 27.9 Å². The van der Waals surface area contributed by atoms with Crippen LogP contribution in [0.4, 0.5) is 16.2 Å². The van der Waals surface area contributed by atoms with Crippen LogP contribution in [-0.2, 0) is 6.42 Å². The molecule has 2 aliphatic heterocycles. The van der Waals surface area contributed by atoms with E-state index in [1.807, 2.05) is 37.3 Å². The molecule has 3 aromatic rings. The predicted octanol–water partition coefficient (Wildman–Crippen LogP) is 6.22. The maximum Gasteiger partial charge on any atom is 0.347 e. The summed E-state index contributed by atoms with van der Waals surface area (Å²) in [7, 11) is 0. The van der Waals surface area contributed by atoms with Crippen molar-refractivity contribution in [2.24, 2.45) is 5.10 Å². The molecule has 0 atom stereocenters. The number of aryl methyl sites for hydroxylation is 1. The highest BCUT2D eigenvalue weighted by molar-refractivity contribution is 6.37. The molecule has 0 radical (unpaired) electrons. The fourth-order valence-electron chi connectivity index (χ4n) is 4.10. The van der Waals surface area contributed by atoms with Crippen LogP contribution in [0.1, 0.15) is 21.5 Å². The first-order chi connectivity index (χ1) is 17.7. The SMILES string of the molecule is C=C1NC(=O)N(c2cc(Cl)c(Oc3ccc4c(c3)CCN(c3ccc(C)cc3)C4=O)c(Cl)c2)N=C1C#N. The Morgan fingerprint density at radius 3 is 2.43 bits per heavy atom. The van der Waals surface area contributed by atoms with Crippen molar-refractivity contribution >= 4 is 52.2 Å². The molecule has 0 saturated carbocycles. The van der Waals surface area contributed by atoms with E-state index in [2.05, 4.69) is 17.0 Å². The van der Waals surface area contributed by atoms with Crippen LogP contribution in [0.25, 0.3) is 0 Å². The number of anilines is 2. The average molecular weight is 532 g/mol. The zero-order chi connectivity index (χ0) is 26.3. The molecule has 2 aliphatic rings. The molecule has 2 heterocycles. The number of carbonyl (C=O) groups excluding carboxylic acids is 2. The van der Waals surface area contributed by atoms with E-state index in [-0.39, 0.29) is 38.8 Å². The second-order valence-electron chi connectivity index (χ2n) is 8.48. The van der Waals surface area contributed by atoms with Crippen molar-refractivity contribution in [3.8, 4) is 17.6 Å². The number of amides is 3. The molecule has 3 amide bonds. The number of fused-ring (bicyclic) bond motifs is 1. The van der Waals surface area contributed by atoms with Gasteiger partial charge in [0.1, 0.15) is 11.8 Å². The number of hydrazone groups is 1. The number of rotatable bonds is 4. The topological polar surface area (TPSA) is 98.0 Å². The number of allylic oxidation sites excluding steroid dienone is 1. The normalized spacial score (nSPS) is 15.1. The molecule has 3 aromatic carbocycles. The smallest absolute Gasteiger partial charge is 0.347 e. The minimum Gasteiger partial charge on any atom is -0.454 e. The Morgan fingerprint density at radius 2 is 1.76 bits per heavy atom. The standard InChI is InChI=1S/C27H19Cl2N5O3/c1-15-3-5-18(6-4-15)33-10-9-17-11-20(7-8-21(17)26(33)35)37-25-22(28)12-19(13-23(25)29)34-27(36)31-16(2)24(14-30)32-34/h3-8,11-13H,2,9-10H2,1H3,(H,31,36). The molecular formula is C27H19Cl2N5O3. The van der Waals surface area contributed by atoms with E-state index >= 15 is 0 Å². The maximum atomic E-state index is 13.1. The highest BCUT2D eigenvalue weighted by Gasteiger charge is 2.28. The van der Waals surface area contributed by atoms with Gasteiger partial charge in [-0.1, -0.05) is 47.5 Å². The molecule has 0 fully saturated rings. The summed E-state index contributed by atoms with van der Waals surface area (Å²) < 4.78 is 5.98. The third kappa shape index (κ3) is 4.62. The van der Waals surface area contributed by atoms with Gasteiger partial charge in [0.15, 0.2) is 11.5 Å². The van der Waals surface area contributed by atoms with E-state index in [0.29, 0.717) is 24.3 Å². The Hall–Kier alpha value is -4.32. The maximum absolute atomic E-state index is 13.1. The van der Waals surface area contributed by atoms with Crippen molar-refractivity contribution in [2.45, 2.75) is 13.3 Å².